The first-order valence-electron chi connectivity index (χ1n) is 9.32. The zero-order valence-corrected chi connectivity index (χ0v) is 16.9. The van der Waals surface area contributed by atoms with Crippen LogP contribution in [0, 0.1) is 6.92 Å². The van der Waals surface area contributed by atoms with Gasteiger partial charge in [-0.15, -0.1) is 0 Å². The Labute approximate surface area is 177 Å². The lowest BCUT2D eigenvalue weighted by Crippen LogP contribution is -2.20. The first-order valence-corrected chi connectivity index (χ1v) is 9.69. The summed E-state index contributed by atoms with van der Waals surface area (Å²) in [6.45, 7) is 1.75. The van der Waals surface area contributed by atoms with Crippen molar-refractivity contribution >= 4 is 34.2 Å². The minimum atomic E-state index is -0.398. The van der Waals surface area contributed by atoms with Crippen molar-refractivity contribution in [2.75, 3.05) is 11.9 Å². The molecule has 1 amide bonds. The van der Waals surface area contributed by atoms with Crippen LogP contribution < -0.4 is 15.7 Å². The van der Waals surface area contributed by atoms with Gasteiger partial charge in [-0.25, -0.2) is 4.79 Å². The molecule has 30 heavy (non-hydrogen) atoms. The number of nitrogens with one attached hydrogen (secondary N) is 1. The van der Waals surface area contributed by atoms with E-state index in [9.17, 15) is 9.59 Å². The molecule has 3 aromatic carbocycles. The van der Waals surface area contributed by atoms with Crippen LogP contribution in [-0.4, -0.2) is 12.5 Å². The summed E-state index contributed by atoms with van der Waals surface area (Å²) in [5.74, 6) is 0.270. The molecule has 0 spiro atoms. The number of fused-ring (bicyclic) bond motifs is 1. The highest BCUT2D eigenvalue weighted by Crippen LogP contribution is 2.26. The number of carbonyl (C=O) groups is 1. The van der Waals surface area contributed by atoms with Crippen molar-refractivity contribution in [2.45, 2.75) is 6.92 Å². The first kappa shape index (κ1) is 19.7. The second kappa shape index (κ2) is 8.43. The number of halogens is 1. The second-order valence-electron chi connectivity index (χ2n) is 6.81. The standard InChI is InChI=1S/C24H18ClNO4/c1-15-12-18(26-23(27)14-29-19-9-6-17(25)7-10-19)8-11-20(15)21-13-16-4-2-3-5-22(16)30-24(21)28/h2-13H,14H2,1H3,(H,26,27). The summed E-state index contributed by atoms with van der Waals surface area (Å²) in [7, 11) is 0. The topological polar surface area (TPSA) is 68.5 Å². The van der Waals surface area contributed by atoms with Gasteiger partial charge >= 0.3 is 5.63 Å². The molecule has 0 fully saturated rings. The van der Waals surface area contributed by atoms with E-state index in [2.05, 4.69) is 5.32 Å². The fraction of sp³-hybridized carbons (Fsp3) is 0.0833. The third-order valence-electron chi connectivity index (χ3n) is 4.63. The van der Waals surface area contributed by atoms with Gasteiger partial charge in [0.05, 0.1) is 5.56 Å². The zero-order valence-electron chi connectivity index (χ0n) is 16.1. The van der Waals surface area contributed by atoms with Gasteiger partial charge in [0.25, 0.3) is 5.91 Å². The average molecular weight is 420 g/mol. The molecule has 0 aliphatic rings. The summed E-state index contributed by atoms with van der Waals surface area (Å²) in [4.78, 5) is 24.6. The van der Waals surface area contributed by atoms with E-state index in [0.717, 1.165) is 16.5 Å². The largest absolute Gasteiger partial charge is 0.484 e. The quantitative estimate of drug-likeness (QED) is 0.437. The zero-order chi connectivity index (χ0) is 21.1. The fourth-order valence-electron chi connectivity index (χ4n) is 3.17. The van der Waals surface area contributed by atoms with Gasteiger partial charge in [0, 0.05) is 16.1 Å². The third-order valence-corrected chi connectivity index (χ3v) is 4.88. The van der Waals surface area contributed by atoms with Crippen LogP contribution in [0.2, 0.25) is 5.02 Å². The van der Waals surface area contributed by atoms with Crippen molar-refractivity contribution in [3.05, 3.63) is 93.8 Å². The summed E-state index contributed by atoms with van der Waals surface area (Å²) >= 11 is 5.83. The van der Waals surface area contributed by atoms with Crippen molar-refractivity contribution in [3.63, 3.8) is 0 Å². The Morgan fingerprint density at radius 2 is 1.77 bits per heavy atom. The van der Waals surface area contributed by atoms with E-state index in [1.54, 1.807) is 42.5 Å². The maximum atomic E-state index is 12.4. The molecule has 0 saturated carbocycles. The van der Waals surface area contributed by atoms with Gasteiger partial charge in [-0.1, -0.05) is 35.9 Å². The van der Waals surface area contributed by atoms with Crippen LogP contribution in [0.25, 0.3) is 22.1 Å². The van der Waals surface area contributed by atoms with Crippen LogP contribution in [0.3, 0.4) is 0 Å². The van der Waals surface area contributed by atoms with E-state index in [1.165, 1.54) is 0 Å². The molecule has 1 aromatic heterocycles. The number of ether oxygens (including phenoxy) is 1. The number of hydrogen-bond acceptors (Lipinski definition) is 4. The van der Waals surface area contributed by atoms with Gasteiger partial charge in [-0.05, 0) is 66.6 Å². The molecule has 0 radical (unpaired) electrons. The lowest BCUT2D eigenvalue weighted by Gasteiger charge is -2.11. The molecular weight excluding hydrogens is 402 g/mol. The molecule has 5 nitrogen and oxygen atoms in total. The molecule has 0 aliphatic carbocycles. The Balaban J connectivity index is 1.49. The number of para-hydroxylation sites is 1. The maximum Gasteiger partial charge on any atom is 0.344 e. The smallest absolute Gasteiger partial charge is 0.344 e. The number of aryl methyl sites for hydroxylation is 1. The van der Waals surface area contributed by atoms with Gasteiger partial charge in [-0.3, -0.25) is 4.79 Å². The number of benzene rings is 3. The van der Waals surface area contributed by atoms with Gasteiger partial charge in [-0.2, -0.15) is 0 Å². The van der Waals surface area contributed by atoms with Crippen molar-refractivity contribution in [3.8, 4) is 16.9 Å². The molecule has 4 rings (SSSR count). The van der Waals surface area contributed by atoms with Crippen molar-refractivity contribution in [1.29, 1.82) is 0 Å². The molecule has 0 aliphatic heterocycles. The Bertz CT molecular complexity index is 1280. The molecule has 150 valence electrons. The number of amides is 1. The molecule has 0 bridgehead atoms. The molecular formula is C24H18ClNO4. The minimum Gasteiger partial charge on any atom is -0.484 e. The molecule has 0 saturated heterocycles. The van der Waals surface area contributed by atoms with E-state index in [0.29, 0.717) is 27.6 Å². The monoisotopic (exact) mass is 419 g/mol. The lowest BCUT2D eigenvalue weighted by molar-refractivity contribution is -0.118. The minimum absolute atomic E-state index is 0.128. The highest BCUT2D eigenvalue weighted by molar-refractivity contribution is 6.30. The Kier molecular flexibility index (Phi) is 5.55. The molecule has 0 atom stereocenters. The molecule has 6 heteroatoms. The van der Waals surface area contributed by atoms with Gasteiger partial charge < -0.3 is 14.5 Å². The summed E-state index contributed by atoms with van der Waals surface area (Å²) in [5, 5.41) is 4.25. The molecule has 4 aromatic rings. The van der Waals surface area contributed by atoms with Crippen LogP contribution in [0.15, 0.2) is 82.0 Å². The Morgan fingerprint density at radius 1 is 1.00 bits per heavy atom. The van der Waals surface area contributed by atoms with Crippen LogP contribution in [0.4, 0.5) is 5.69 Å². The summed E-state index contributed by atoms with van der Waals surface area (Å²) in [6, 6.07) is 21.3. The number of hydrogen-bond donors (Lipinski definition) is 1. The van der Waals surface area contributed by atoms with Crippen molar-refractivity contribution in [2.24, 2.45) is 0 Å². The van der Waals surface area contributed by atoms with Crippen molar-refractivity contribution < 1.29 is 13.9 Å². The fourth-order valence-corrected chi connectivity index (χ4v) is 3.30. The third kappa shape index (κ3) is 4.36. The normalized spacial score (nSPS) is 10.7. The SMILES string of the molecule is Cc1cc(NC(=O)COc2ccc(Cl)cc2)ccc1-c1cc2ccccc2oc1=O. The Hall–Kier alpha value is -3.57. The van der Waals surface area contributed by atoms with E-state index >= 15 is 0 Å². The van der Waals surface area contributed by atoms with E-state index in [1.807, 2.05) is 37.3 Å². The van der Waals surface area contributed by atoms with Crippen LogP contribution in [-0.2, 0) is 4.79 Å². The van der Waals surface area contributed by atoms with Crippen LogP contribution in [0.1, 0.15) is 5.56 Å². The van der Waals surface area contributed by atoms with Gasteiger partial charge in [0.1, 0.15) is 11.3 Å². The maximum absolute atomic E-state index is 12.4. The molecule has 0 unspecified atom stereocenters. The van der Waals surface area contributed by atoms with E-state index in [4.69, 9.17) is 20.8 Å². The van der Waals surface area contributed by atoms with E-state index < -0.39 is 5.63 Å². The highest BCUT2D eigenvalue weighted by atomic mass is 35.5. The van der Waals surface area contributed by atoms with Crippen molar-refractivity contribution in [1.82, 2.24) is 0 Å². The van der Waals surface area contributed by atoms with Crippen LogP contribution in [0.5, 0.6) is 5.75 Å². The predicted octanol–water partition coefficient (Wildman–Crippen LogP) is 5.44. The second-order valence-corrected chi connectivity index (χ2v) is 7.24. The number of anilines is 1. The summed E-state index contributed by atoms with van der Waals surface area (Å²) < 4.78 is 10.9. The number of rotatable bonds is 5. The number of carbonyl (C=O) groups excluding carboxylic acids is 1. The predicted molar refractivity (Wildman–Crippen MR) is 118 cm³/mol. The van der Waals surface area contributed by atoms with Gasteiger partial charge in [0.15, 0.2) is 6.61 Å². The highest BCUT2D eigenvalue weighted by Gasteiger charge is 2.12. The lowest BCUT2D eigenvalue weighted by atomic mass is 10.0. The summed E-state index contributed by atoms with van der Waals surface area (Å²) in [5.41, 5.74) is 2.85. The van der Waals surface area contributed by atoms with Gasteiger partial charge in [0.2, 0.25) is 0 Å². The summed E-state index contributed by atoms with van der Waals surface area (Å²) in [6.07, 6.45) is 0. The van der Waals surface area contributed by atoms with Crippen LogP contribution >= 0.6 is 11.6 Å². The van der Waals surface area contributed by atoms with E-state index in [-0.39, 0.29) is 12.5 Å². The Morgan fingerprint density at radius 3 is 2.53 bits per heavy atom. The first-order chi connectivity index (χ1) is 14.5. The molecule has 1 N–H and O–H groups in total. The molecule has 1 heterocycles. The average Bonchev–Trinajstić information content (AvgIpc) is 2.73.